The molecule has 0 unspecified atom stereocenters. The zero-order valence-electron chi connectivity index (χ0n) is 15.1. The van der Waals surface area contributed by atoms with Gasteiger partial charge in [0.2, 0.25) is 5.91 Å². The number of anilines is 1. The van der Waals surface area contributed by atoms with Gasteiger partial charge in [0.25, 0.3) is 0 Å². The number of hydrogen-bond acceptors (Lipinski definition) is 6. The van der Waals surface area contributed by atoms with Gasteiger partial charge >= 0.3 is 0 Å². The summed E-state index contributed by atoms with van der Waals surface area (Å²) < 4.78 is 4.93. The maximum Gasteiger partial charge on any atom is 0.234 e. The molecule has 1 aliphatic rings. The molecule has 1 fully saturated rings. The normalized spacial score (nSPS) is 14.4. The number of methoxy groups -OCH3 is 1. The predicted octanol–water partition coefficient (Wildman–Crippen LogP) is 1.26. The summed E-state index contributed by atoms with van der Waals surface area (Å²) in [5, 5.41) is 6.15. The van der Waals surface area contributed by atoms with Crippen LogP contribution in [0.25, 0.3) is 0 Å². The molecule has 0 aliphatic carbocycles. The number of piperidine rings is 1. The van der Waals surface area contributed by atoms with Gasteiger partial charge in [0.15, 0.2) is 0 Å². The molecule has 0 atom stereocenters. The van der Waals surface area contributed by atoms with Crippen LogP contribution in [0.3, 0.4) is 0 Å². The number of nitrogens with one attached hydrogen (secondary N) is 2. The maximum atomic E-state index is 11.9. The zero-order valence-corrected chi connectivity index (χ0v) is 16.7. The molecule has 0 spiro atoms. The minimum Gasteiger partial charge on any atom is -0.383 e. The van der Waals surface area contributed by atoms with Gasteiger partial charge in [0.05, 0.1) is 13.2 Å². The Hall–Kier alpha value is -1.15. The fourth-order valence-corrected chi connectivity index (χ4v) is 2.77. The van der Waals surface area contributed by atoms with Crippen molar-refractivity contribution in [1.29, 1.82) is 0 Å². The number of carbonyl (C=O) groups excluding carboxylic acids is 1. The molecule has 0 radical (unpaired) electrons. The molecule has 1 aromatic rings. The van der Waals surface area contributed by atoms with E-state index in [0.717, 1.165) is 43.3 Å². The molecule has 9 heteroatoms. The molecule has 0 bridgehead atoms. The van der Waals surface area contributed by atoms with E-state index in [2.05, 4.69) is 25.5 Å². The highest BCUT2D eigenvalue weighted by atomic mass is 35.5. The third-order valence-electron chi connectivity index (χ3n) is 3.91. The highest BCUT2D eigenvalue weighted by molar-refractivity contribution is 5.85. The summed E-state index contributed by atoms with van der Waals surface area (Å²) in [5.41, 5.74) is 0.991. The Kier molecular flexibility index (Phi) is 11.7. The van der Waals surface area contributed by atoms with Crippen molar-refractivity contribution in [2.24, 2.45) is 0 Å². The third kappa shape index (κ3) is 8.18. The lowest BCUT2D eigenvalue weighted by Gasteiger charge is -2.33. The molecule has 25 heavy (non-hydrogen) atoms. The highest BCUT2D eigenvalue weighted by Gasteiger charge is 2.21. The van der Waals surface area contributed by atoms with E-state index >= 15 is 0 Å². The van der Waals surface area contributed by atoms with Gasteiger partial charge in [0, 0.05) is 44.5 Å². The van der Waals surface area contributed by atoms with E-state index in [1.807, 2.05) is 19.9 Å². The number of amides is 1. The van der Waals surface area contributed by atoms with Crippen LogP contribution >= 0.6 is 24.8 Å². The van der Waals surface area contributed by atoms with Crippen LogP contribution in [0.2, 0.25) is 0 Å². The van der Waals surface area contributed by atoms with E-state index in [0.29, 0.717) is 19.7 Å². The monoisotopic (exact) mass is 393 g/mol. The van der Waals surface area contributed by atoms with Crippen LogP contribution in [0.1, 0.15) is 24.4 Å². The number of ether oxygens (including phenoxy) is 1. The Bertz CT molecular complexity index is 505. The zero-order chi connectivity index (χ0) is 16.7. The minimum absolute atomic E-state index is 0. The first-order chi connectivity index (χ1) is 11.1. The SMILES string of the molecule is COCCNCC(=O)NC1CCN(c2cc(C)nc(C)n2)CC1.Cl.Cl. The van der Waals surface area contributed by atoms with Crippen molar-refractivity contribution in [2.45, 2.75) is 32.7 Å². The lowest BCUT2D eigenvalue weighted by atomic mass is 10.0. The second kappa shape index (κ2) is 12.2. The van der Waals surface area contributed by atoms with Crippen molar-refractivity contribution in [3.05, 3.63) is 17.6 Å². The first-order valence-electron chi connectivity index (χ1n) is 8.14. The minimum atomic E-state index is 0. The molecular formula is C16H29Cl2N5O2. The van der Waals surface area contributed by atoms with Gasteiger partial charge in [-0.1, -0.05) is 0 Å². The average Bonchev–Trinajstić information content (AvgIpc) is 2.51. The Balaban J connectivity index is 0.00000288. The Morgan fingerprint density at radius 3 is 2.56 bits per heavy atom. The molecule has 0 saturated carbocycles. The fraction of sp³-hybridized carbons (Fsp3) is 0.688. The lowest BCUT2D eigenvalue weighted by Crippen LogP contribution is -2.47. The third-order valence-corrected chi connectivity index (χ3v) is 3.91. The second-order valence-corrected chi connectivity index (χ2v) is 5.91. The van der Waals surface area contributed by atoms with Crippen LogP contribution in [-0.2, 0) is 9.53 Å². The van der Waals surface area contributed by atoms with E-state index in [1.165, 1.54) is 0 Å². The van der Waals surface area contributed by atoms with Crippen molar-refractivity contribution < 1.29 is 9.53 Å². The van der Waals surface area contributed by atoms with Gasteiger partial charge in [-0.2, -0.15) is 0 Å². The molecule has 1 aliphatic heterocycles. The quantitative estimate of drug-likeness (QED) is 0.678. The van der Waals surface area contributed by atoms with Crippen molar-refractivity contribution >= 4 is 36.5 Å². The molecule has 1 saturated heterocycles. The molecule has 2 rings (SSSR count). The largest absolute Gasteiger partial charge is 0.383 e. The summed E-state index contributed by atoms with van der Waals surface area (Å²) >= 11 is 0. The van der Waals surface area contributed by atoms with E-state index < -0.39 is 0 Å². The topological polar surface area (TPSA) is 79.4 Å². The first kappa shape index (κ1) is 23.9. The number of rotatable bonds is 7. The molecular weight excluding hydrogens is 365 g/mol. The molecule has 2 N–H and O–H groups in total. The number of aromatic nitrogens is 2. The Morgan fingerprint density at radius 1 is 1.28 bits per heavy atom. The van der Waals surface area contributed by atoms with Crippen molar-refractivity contribution in [2.75, 3.05) is 44.8 Å². The van der Waals surface area contributed by atoms with Gasteiger partial charge in [0.1, 0.15) is 11.6 Å². The smallest absolute Gasteiger partial charge is 0.234 e. The standard InChI is InChI=1S/C16H27N5O2.2ClH/c1-12-10-15(19-13(2)18-12)21-7-4-14(5-8-21)20-16(22)11-17-6-9-23-3;;/h10,14,17H,4-9,11H2,1-3H3,(H,20,22);2*1H. The molecule has 7 nitrogen and oxygen atoms in total. The van der Waals surface area contributed by atoms with Gasteiger partial charge in [-0.25, -0.2) is 9.97 Å². The van der Waals surface area contributed by atoms with E-state index in [9.17, 15) is 4.79 Å². The van der Waals surface area contributed by atoms with Gasteiger partial charge in [-0.15, -0.1) is 24.8 Å². The Morgan fingerprint density at radius 2 is 1.96 bits per heavy atom. The number of nitrogens with zero attached hydrogens (tertiary/aromatic N) is 3. The molecule has 144 valence electrons. The highest BCUT2D eigenvalue weighted by Crippen LogP contribution is 2.18. The maximum absolute atomic E-state index is 11.9. The van der Waals surface area contributed by atoms with E-state index in [-0.39, 0.29) is 36.8 Å². The predicted molar refractivity (Wildman–Crippen MR) is 104 cm³/mol. The van der Waals surface area contributed by atoms with Gasteiger partial charge < -0.3 is 20.3 Å². The average molecular weight is 394 g/mol. The summed E-state index contributed by atoms with van der Waals surface area (Å²) in [5.74, 6) is 1.84. The van der Waals surface area contributed by atoms with Crippen LogP contribution in [0.5, 0.6) is 0 Å². The van der Waals surface area contributed by atoms with Crippen LogP contribution in [-0.4, -0.2) is 61.8 Å². The number of aryl methyl sites for hydroxylation is 2. The number of halogens is 2. The number of hydrogen-bond donors (Lipinski definition) is 2. The van der Waals surface area contributed by atoms with Crippen LogP contribution in [0, 0.1) is 13.8 Å². The summed E-state index contributed by atoms with van der Waals surface area (Å²) in [6.45, 7) is 7.35. The molecule has 2 heterocycles. The van der Waals surface area contributed by atoms with Crippen molar-refractivity contribution in [3.63, 3.8) is 0 Å². The summed E-state index contributed by atoms with van der Waals surface area (Å²) in [6.07, 6.45) is 1.87. The van der Waals surface area contributed by atoms with Crippen molar-refractivity contribution in [3.8, 4) is 0 Å². The van der Waals surface area contributed by atoms with Crippen LogP contribution in [0.4, 0.5) is 5.82 Å². The molecule has 1 amide bonds. The molecule has 0 aromatic carbocycles. The van der Waals surface area contributed by atoms with Crippen LogP contribution in [0.15, 0.2) is 6.07 Å². The lowest BCUT2D eigenvalue weighted by molar-refractivity contribution is -0.121. The van der Waals surface area contributed by atoms with E-state index in [1.54, 1.807) is 7.11 Å². The summed E-state index contributed by atoms with van der Waals surface area (Å²) in [7, 11) is 1.65. The summed E-state index contributed by atoms with van der Waals surface area (Å²) in [4.78, 5) is 23.0. The van der Waals surface area contributed by atoms with Crippen molar-refractivity contribution in [1.82, 2.24) is 20.6 Å². The summed E-state index contributed by atoms with van der Waals surface area (Å²) in [6, 6.07) is 2.26. The molecule has 1 aromatic heterocycles. The first-order valence-corrected chi connectivity index (χ1v) is 8.14. The van der Waals surface area contributed by atoms with Gasteiger partial charge in [-0.05, 0) is 26.7 Å². The fourth-order valence-electron chi connectivity index (χ4n) is 2.77. The van der Waals surface area contributed by atoms with Gasteiger partial charge in [-0.3, -0.25) is 4.79 Å². The van der Waals surface area contributed by atoms with Crippen LogP contribution < -0.4 is 15.5 Å². The van der Waals surface area contributed by atoms with E-state index in [4.69, 9.17) is 4.74 Å². The second-order valence-electron chi connectivity index (χ2n) is 5.91. The number of carbonyl (C=O) groups is 1. The Labute approximate surface area is 162 Å².